The number of carbonyl (C=O) groups excluding carboxylic acids is 2. The second-order valence-electron chi connectivity index (χ2n) is 6.70. The molecule has 3 rings (SSSR count). The van der Waals surface area contributed by atoms with Crippen LogP contribution in [0.4, 0.5) is 15.8 Å². The standard InChI is InChI=1S/C21H23FN2O3/c1-3-10-27-18-7-5-17(6-8-18)24-13-15(12-20(24)25)21(26)23-19-9-4-16(22)11-14(19)2/h4-9,11,15H,3,10,12-13H2,1-2H3,(H,23,26)/t15-/m1/s1. The molecule has 27 heavy (non-hydrogen) atoms. The van der Waals surface area contributed by atoms with Crippen LogP contribution in [0.5, 0.6) is 5.75 Å². The van der Waals surface area contributed by atoms with Gasteiger partial charge in [0.15, 0.2) is 0 Å². The summed E-state index contributed by atoms with van der Waals surface area (Å²) in [5.41, 5.74) is 1.95. The highest BCUT2D eigenvalue weighted by molar-refractivity contribution is 6.03. The molecule has 0 spiro atoms. The maximum atomic E-state index is 13.2. The second-order valence-corrected chi connectivity index (χ2v) is 6.70. The van der Waals surface area contributed by atoms with Gasteiger partial charge in [-0.15, -0.1) is 0 Å². The van der Waals surface area contributed by atoms with Crippen LogP contribution < -0.4 is 15.0 Å². The van der Waals surface area contributed by atoms with Crippen LogP contribution >= 0.6 is 0 Å². The van der Waals surface area contributed by atoms with E-state index >= 15 is 0 Å². The number of benzene rings is 2. The zero-order valence-corrected chi connectivity index (χ0v) is 15.5. The van der Waals surface area contributed by atoms with Gasteiger partial charge in [0.05, 0.1) is 12.5 Å². The number of amides is 2. The Morgan fingerprint density at radius 2 is 2.00 bits per heavy atom. The Bertz CT molecular complexity index is 836. The number of rotatable bonds is 6. The first-order chi connectivity index (χ1) is 13.0. The van der Waals surface area contributed by atoms with E-state index < -0.39 is 5.92 Å². The number of ether oxygens (including phenoxy) is 1. The largest absolute Gasteiger partial charge is 0.494 e. The van der Waals surface area contributed by atoms with Gasteiger partial charge in [0.1, 0.15) is 11.6 Å². The fraction of sp³-hybridized carbons (Fsp3) is 0.333. The lowest BCUT2D eigenvalue weighted by Crippen LogP contribution is -2.28. The molecule has 1 heterocycles. The minimum atomic E-state index is -0.446. The van der Waals surface area contributed by atoms with Crippen LogP contribution in [-0.4, -0.2) is 25.0 Å². The zero-order chi connectivity index (χ0) is 19.4. The summed E-state index contributed by atoms with van der Waals surface area (Å²) in [5, 5.41) is 2.80. The van der Waals surface area contributed by atoms with Gasteiger partial charge in [-0.25, -0.2) is 4.39 Å². The lowest BCUT2D eigenvalue weighted by atomic mass is 10.1. The number of hydrogen-bond donors (Lipinski definition) is 1. The molecular formula is C21H23FN2O3. The van der Waals surface area contributed by atoms with Crippen molar-refractivity contribution in [3.63, 3.8) is 0 Å². The molecule has 142 valence electrons. The second kappa shape index (κ2) is 8.20. The van der Waals surface area contributed by atoms with Crippen molar-refractivity contribution in [2.75, 3.05) is 23.4 Å². The molecule has 0 bridgehead atoms. The summed E-state index contributed by atoms with van der Waals surface area (Å²) in [7, 11) is 0. The first kappa shape index (κ1) is 18.9. The van der Waals surface area contributed by atoms with Gasteiger partial charge in [-0.05, 0) is 61.4 Å². The van der Waals surface area contributed by atoms with Crippen molar-refractivity contribution in [1.82, 2.24) is 0 Å². The lowest BCUT2D eigenvalue weighted by molar-refractivity contribution is -0.122. The minimum absolute atomic E-state index is 0.0896. The fourth-order valence-corrected chi connectivity index (χ4v) is 3.08. The number of nitrogens with one attached hydrogen (secondary N) is 1. The molecule has 0 radical (unpaired) electrons. The average molecular weight is 370 g/mol. The average Bonchev–Trinajstić information content (AvgIpc) is 3.04. The Balaban J connectivity index is 1.65. The maximum absolute atomic E-state index is 13.2. The van der Waals surface area contributed by atoms with Gasteiger partial charge >= 0.3 is 0 Å². The number of carbonyl (C=O) groups is 2. The maximum Gasteiger partial charge on any atom is 0.229 e. The summed E-state index contributed by atoms with van der Waals surface area (Å²) in [6, 6.07) is 11.5. The molecule has 1 saturated heterocycles. The third-order valence-corrected chi connectivity index (χ3v) is 4.56. The third-order valence-electron chi connectivity index (χ3n) is 4.56. The molecule has 0 aliphatic carbocycles. The number of anilines is 2. The molecule has 5 nitrogen and oxygen atoms in total. The Kier molecular flexibility index (Phi) is 5.74. The molecule has 1 fully saturated rings. The van der Waals surface area contributed by atoms with E-state index in [0.717, 1.165) is 17.9 Å². The van der Waals surface area contributed by atoms with Crippen molar-refractivity contribution in [2.24, 2.45) is 5.92 Å². The van der Waals surface area contributed by atoms with Crippen molar-refractivity contribution in [1.29, 1.82) is 0 Å². The number of aryl methyl sites for hydroxylation is 1. The van der Waals surface area contributed by atoms with Crippen LogP contribution in [0.25, 0.3) is 0 Å². The monoisotopic (exact) mass is 370 g/mol. The van der Waals surface area contributed by atoms with E-state index in [-0.39, 0.29) is 24.1 Å². The predicted molar refractivity (Wildman–Crippen MR) is 102 cm³/mol. The van der Waals surface area contributed by atoms with Gasteiger partial charge in [0.25, 0.3) is 0 Å². The highest BCUT2D eigenvalue weighted by atomic mass is 19.1. The molecule has 0 saturated carbocycles. The molecule has 2 aromatic rings. The van der Waals surface area contributed by atoms with Gasteiger partial charge in [0.2, 0.25) is 11.8 Å². The van der Waals surface area contributed by atoms with Crippen molar-refractivity contribution in [3.05, 3.63) is 53.8 Å². The topological polar surface area (TPSA) is 58.6 Å². The Morgan fingerprint density at radius 1 is 1.26 bits per heavy atom. The number of nitrogens with zero attached hydrogens (tertiary/aromatic N) is 1. The molecule has 0 unspecified atom stereocenters. The minimum Gasteiger partial charge on any atom is -0.494 e. The lowest BCUT2D eigenvalue weighted by Gasteiger charge is -2.17. The van der Waals surface area contributed by atoms with Crippen LogP contribution in [-0.2, 0) is 9.59 Å². The Morgan fingerprint density at radius 3 is 2.67 bits per heavy atom. The van der Waals surface area contributed by atoms with Crippen molar-refractivity contribution in [3.8, 4) is 5.75 Å². The summed E-state index contributed by atoms with van der Waals surface area (Å²) >= 11 is 0. The van der Waals surface area contributed by atoms with Gasteiger partial charge in [-0.2, -0.15) is 0 Å². The number of hydrogen-bond acceptors (Lipinski definition) is 3. The van der Waals surface area contributed by atoms with E-state index in [1.54, 1.807) is 11.8 Å². The molecular weight excluding hydrogens is 347 g/mol. The van der Waals surface area contributed by atoms with E-state index in [4.69, 9.17) is 4.74 Å². The Hall–Kier alpha value is -2.89. The van der Waals surface area contributed by atoms with E-state index in [1.807, 2.05) is 31.2 Å². The van der Waals surface area contributed by atoms with Crippen molar-refractivity contribution < 1.29 is 18.7 Å². The first-order valence-electron chi connectivity index (χ1n) is 9.08. The Labute approximate surface area is 158 Å². The van der Waals surface area contributed by atoms with Gasteiger partial charge in [0, 0.05) is 24.3 Å². The van der Waals surface area contributed by atoms with E-state index in [9.17, 15) is 14.0 Å². The van der Waals surface area contributed by atoms with Crippen molar-refractivity contribution >= 4 is 23.2 Å². The van der Waals surface area contributed by atoms with Crippen LogP contribution in [0.2, 0.25) is 0 Å². The van der Waals surface area contributed by atoms with Gasteiger partial charge in [-0.3, -0.25) is 9.59 Å². The van der Waals surface area contributed by atoms with Crippen LogP contribution in [0.15, 0.2) is 42.5 Å². The fourth-order valence-electron chi connectivity index (χ4n) is 3.08. The van der Waals surface area contributed by atoms with Crippen LogP contribution in [0.3, 0.4) is 0 Å². The van der Waals surface area contributed by atoms with Gasteiger partial charge in [-0.1, -0.05) is 6.92 Å². The quantitative estimate of drug-likeness (QED) is 0.839. The summed E-state index contributed by atoms with van der Waals surface area (Å²) in [6.45, 7) is 4.73. The molecule has 1 N–H and O–H groups in total. The van der Waals surface area contributed by atoms with E-state index in [2.05, 4.69) is 5.32 Å². The highest BCUT2D eigenvalue weighted by Crippen LogP contribution is 2.28. The number of halogens is 1. The normalized spacial score (nSPS) is 16.5. The summed E-state index contributed by atoms with van der Waals surface area (Å²) in [5.74, 6) is -0.359. The summed E-state index contributed by atoms with van der Waals surface area (Å²) in [4.78, 5) is 26.5. The van der Waals surface area contributed by atoms with Crippen molar-refractivity contribution in [2.45, 2.75) is 26.7 Å². The smallest absolute Gasteiger partial charge is 0.229 e. The molecule has 1 aliphatic heterocycles. The first-order valence-corrected chi connectivity index (χ1v) is 9.08. The van der Waals surface area contributed by atoms with Crippen LogP contribution in [0, 0.1) is 18.7 Å². The molecule has 2 amide bonds. The summed E-state index contributed by atoms with van der Waals surface area (Å²) < 4.78 is 18.8. The molecule has 6 heteroatoms. The van der Waals surface area contributed by atoms with E-state index in [1.165, 1.54) is 18.2 Å². The molecule has 1 aliphatic rings. The van der Waals surface area contributed by atoms with E-state index in [0.29, 0.717) is 24.4 Å². The highest BCUT2D eigenvalue weighted by Gasteiger charge is 2.35. The van der Waals surface area contributed by atoms with Crippen LogP contribution in [0.1, 0.15) is 25.3 Å². The SMILES string of the molecule is CCCOc1ccc(N2C[C@H](C(=O)Nc3ccc(F)cc3C)CC2=O)cc1. The summed E-state index contributed by atoms with van der Waals surface area (Å²) in [6.07, 6.45) is 1.08. The predicted octanol–water partition coefficient (Wildman–Crippen LogP) is 3.91. The molecule has 1 atom stereocenters. The van der Waals surface area contributed by atoms with Gasteiger partial charge < -0.3 is 15.0 Å². The third kappa shape index (κ3) is 4.45. The molecule has 2 aromatic carbocycles. The molecule has 0 aromatic heterocycles. The zero-order valence-electron chi connectivity index (χ0n) is 15.5.